The van der Waals surface area contributed by atoms with Gasteiger partial charge < -0.3 is 4.90 Å². The first-order valence-corrected chi connectivity index (χ1v) is 12.3. The molecule has 0 bridgehead atoms. The van der Waals surface area contributed by atoms with Crippen LogP contribution in [-0.4, -0.2) is 56.0 Å². The van der Waals surface area contributed by atoms with Crippen molar-refractivity contribution in [2.75, 3.05) is 32.4 Å². The molecular weight excluding hydrogens is 473 g/mol. The number of amides is 1. The molecule has 0 aliphatic carbocycles. The number of benzene rings is 2. The largest absolute Gasteiger partial charge is 0.416 e. The summed E-state index contributed by atoms with van der Waals surface area (Å²) in [7, 11) is -4.25. The van der Waals surface area contributed by atoms with E-state index in [1.807, 2.05) is 25.3 Å². The fourth-order valence-electron chi connectivity index (χ4n) is 3.28. The van der Waals surface area contributed by atoms with Crippen LogP contribution in [0, 0.1) is 6.92 Å². The van der Waals surface area contributed by atoms with Gasteiger partial charge in [0.1, 0.15) is 4.90 Å². The second kappa shape index (κ2) is 9.01. The lowest BCUT2D eigenvalue weighted by atomic mass is 10.1. The first kappa shape index (κ1) is 23.9. The van der Waals surface area contributed by atoms with Crippen molar-refractivity contribution in [2.24, 2.45) is 0 Å². The van der Waals surface area contributed by atoms with E-state index in [-0.39, 0.29) is 37.1 Å². The molecular formula is C20H20ClF3N2O3S2. The van der Waals surface area contributed by atoms with Crippen LogP contribution in [0.5, 0.6) is 0 Å². The number of hydrogen-bond acceptors (Lipinski definition) is 4. The van der Waals surface area contributed by atoms with Crippen LogP contribution in [0.4, 0.5) is 13.2 Å². The number of carbonyl (C=O) groups excluding carboxylic acids is 1. The van der Waals surface area contributed by atoms with Crippen LogP contribution in [0.3, 0.4) is 0 Å². The zero-order valence-corrected chi connectivity index (χ0v) is 19.1. The van der Waals surface area contributed by atoms with E-state index in [0.29, 0.717) is 11.6 Å². The van der Waals surface area contributed by atoms with Gasteiger partial charge in [0.15, 0.2) is 0 Å². The molecule has 1 fully saturated rings. The minimum Gasteiger partial charge on any atom is -0.336 e. The molecule has 1 aliphatic heterocycles. The molecule has 1 heterocycles. The highest BCUT2D eigenvalue weighted by atomic mass is 35.5. The van der Waals surface area contributed by atoms with Crippen molar-refractivity contribution >= 4 is 39.3 Å². The molecule has 5 nitrogen and oxygen atoms in total. The van der Waals surface area contributed by atoms with Gasteiger partial charge in [-0.25, -0.2) is 8.42 Å². The Morgan fingerprint density at radius 3 is 2.29 bits per heavy atom. The minimum atomic E-state index is -4.69. The van der Waals surface area contributed by atoms with Gasteiger partial charge in [-0.05, 0) is 49.1 Å². The molecule has 2 aromatic rings. The molecule has 0 spiro atoms. The maximum atomic E-state index is 13.0. The number of thioether (sulfide) groups is 1. The number of halogens is 4. The van der Waals surface area contributed by atoms with E-state index in [2.05, 4.69) is 0 Å². The summed E-state index contributed by atoms with van der Waals surface area (Å²) in [6.07, 6.45) is -2.79. The lowest BCUT2D eigenvalue weighted by molar-refractivity contribution is -0.137. The summed E-state index contributed by atoms with van der Waals surface area (Å²) in [5, 5.41) is -0.281. The van der Waals surface area contributed by atoms with Gasteiger partial charge in [-0.15, -0.1) is 11.8 Å². The molecule has 0 N–H and O–H groups in total. The summed E-state index contributed by atoms with van der Waals surface area (Å²) in [4.78, 5) is 14.8. The Morgan fingerprint density at radius 1 is 1.06 bits per heavy atom. The van der Waals surface area contributed by atoms with Gasteiger partial charge in [-0.1, -0.05) is 17.7 Å². The maximum Gasteiger partial charge on any atom is 0.416 e. The third kappa shape index (κ3) is 5.02. The number of nitrogens with zero attached hydrogens (tertiary/aromatic N) is 2. The predicted molar refractivity (Wildman–Crippen MR) is 114 cm³/mol. The molecule has 0 atom stereocenters. The second-order valence-corrected chi connectivity index (χ2v) is 10.2. The molecule has 11 heteroatoms. The molecule has 31 heavy (non-hydrogen) atoms. The van der Waals surface area contributed by atoms with E-state index in [0.717, 1.165) is 26.9 Å². The molecule has 1 saturated heterocycles. The summed E-state index contributed by atoms with van der Waals surface area (Å²) >= 11 is 7.43. The summed E-state index contributed by atoms with van der Waals surface area (Å²) < 4.78 is 66.0. The van der Waals surface area contributed by atoms with Crippen molar-refractivity contribution in [1.82, 2.24) is 9.21 Å². The molecule has 2 aromatic carbocycles. The molecule has 0 radical (unpaired) electrons. The van der Waals surface area contributed by atoms with Gasteiger partial charge >= 0.3 is 6.18 Å². The van der Waals surface area contributed by atoms with Gasteiger partial charge in [0, 0.05) is 36.6 Å². The maximum absolute atomic E-state index is 13.0. The van der Waals surface area contributed by atoms with Gasteiger partial charge in [-0.2, -0.15) is 17.5 Å². The summed E-state index contributed by atoms with van der Waals surface area (Å²) in [6, 6.07) is 7.79. The van der Waals surface area contributed by atoms with Gasteiger partial charge in [0.05, 0.1) is 10.6 Å². The molecule has 0 saturated carbocycles. The molecule has 0 aromatic heterocycles. The number of aryl methyl sites for hydroxylation is 1. The van der Waals surface area contributed by atoms with Crippen molar-refractivity contribution < 1.29 is 26.4 Å². The Kier molecular flexibility index (Phi) is 6.95. The van der Waals surface area contributed by atoms with Crippen LogP contribution >= 0.6 is 23.4 Å². The number of carbonyl (C=O) groups is 1. The Labute approximate surface area is 188 Å². The smallest absolute Gasteiger partial charge is 0.336 e. The van der Waals surface area contributed by atoms with E-state index in [4.69, 9.17) is 11.6 Å². The average Bonchev–Trinajstić information content (AvgIpc) is 2.73. The zero-order valence-electron chi connectivity index (χ0n) is 16.7. The Bertz CT molecular complexity index is 1100. The fraction of sp³-hybridized carbons (Fsp3) is 0.350. The monoisotopic (exact) mass is 492 g/mol. The van der Waals surface area contributed by atoms with Gasteiger partial charge in [-0.3, -0.25) is 4.79 Å². The first-order valence-electron chi connectivity index (χ1n) is 9.26. The van der Waals surface area contributed by atoms with E-state index in [1.54, 1.807) is 11.0 Å². The highest BCUT2D eigenvalue weighted by molar-refractivity contribution is 7.98. The molecule has 168 valence electrons. The molecule has 1 aliphatic rings. The standard InChI is InChI=1S/C20H20ClF3N2O3S2/c1-13-3-5-15(30-2)12-16(13)19(27)25-7-9-26(10-8-25)31(28,29)18-11-14(20(22,23)24)4-6-17(18)21/h3-6,11-12H,7-10H2,1-2H3. The lowest BCUT2D eigenvalue weighted by Crippen LogP contribution is -2.50. The van der Waals surface area contributed by atoms with Crippen molar-refractivity contribution in [3.05, 3.63) is 58.1 Å². The molecule has 3 rings (SSSR count). The number of rotatable bonds is 4. The third-order valence-corrected chi connectivity index (χ3v) is 8.18. The average molecular weight is 493 g/mol. The highest BCUT2D eigenvalue weighted by Crippen LogP contribution is 2.34. The van der Waals surface area contributed by atoms with E-state index >= 15 is 0 Å². The Hall–Kier alpha value is -1.75. The number of piperazine rings is 1. The summed E-state index contributed by atoms with van der Waals surface area (Å²) in [5.74, 6) is -0.206. The Balaban J connectivity index is 1.79. The van der Waals surface area contributed by atoms with Gasteiger partial charge in [0.25, 0.3) is 5.91 Å². The number of alkyl halides is 3. The normalized spacial score (nSPS) is 15.9. The topological polar surface area (TPSA) is 57.7 Å². The van der Waals surface area contributed by atoms with Crippen LogP contribution in [-0.2, 0) is 16.2 Å². The van der Waals surface area contributed by atoms with Crippen molar-refractivity contribution in [1.29, 1.82) is 0 Å². The Morgan fingerprint density at radius 2 is 1.71 bits per heavy atom. The SMILES string of the molecule is CSc1ccc(C)c(C(=O)N2CCN(S(=O)(=O)c3cc(C(F)(F)F)ccc3Cl)CC2)c1. The van der Waals surface area contributed by atoms with Crippen LogP contribution < -0.4 is 0 Å². The highest BCUT2D eigenvalue weighted by Gasteiger charge is 2.36. The minimum absolute atomic E-state index is 0.0398. The number of hydrogen-bond donors (Lipinski definition) is 0. The summed E-state index contributed by atoms with van der Waals surface area (Å²) in [5.41, 5.74) is 0.270. The van der Waals surface area contributed by atoms with Crippen LogP contribution in [0.25, 0.3) is 0 Å². The van der Waals surface area contributed by atoms with E-state index in [9.17, 15) is 26.4 Å². The molecule has 0 unspecified atom stereocenters. The predicted octanol–water partition coefficient (Wildman–Crippen LogP) is 4.54. The van der Waals surface area contributed by atoms with Crippen molar-refractivity contribution in [3.8, 4) is 0 Å². The van der Waals surface area contributed by atoms with Crippen LogP contribution in [0.2, 0.25) is 5.02 Å². The van der Waals surface area contributed by atoms with Crippen LogP contribution in [0.1, 0.15) is 21.5 Å². The van der Waals surface area contributed by atoms with Crippen LogP contribution in [0.15, 0.2) is 46.2 Å². The lowest BCUT2D eigenvalue weighted by Gasteiger charge is -2.34. The second-order valence-electron chi connectivity index (χ2n) is 7.02. The molecule has 1 amide bonds. The van der Waals surface area contributed by atoms with E-state index in [1.165, 1.54) is 11.8 Å². The zero-order chi connectivity index (χ0) is 23.0. The van der Waals surface area contributed by atoms with Gasteiger partial charge in [0.2, 0.25) is 10.0 Å². The van der Waals surface area contributed by atoms with E-state index < -0.39 is 26.7 Å². The quantitative estimate of drug-likeness (QED) is 0.588. The fourth-order valence-corrected chi connectivity index (χ4v) is 5.64. The number of sulfonamides is 1. The third-order valence-electron chi connectivity index (χ3n) is 5.08. The summed E-state index contributed by atoms with van der Waals surface area (Å²) in [6.45, 7) is 1.99. The van der Waals surface area contributed by atoms with Crippen molar-refractivity contribution in [2.45, 2.75) is 22.9 Å². The first-order chi connectivity index (χ1) is 14.4. The van der Waals surface area contributed by atoms with Crippen molar-refractivity contribution in [3.63, 3.8) is 0 Å².